The van der Waals surface area contributed by atoms with Crippen LogP contribution in [0.2, 0.25) is 0 Å². The first kappa shape index (κ1) is 12.0. The van der Waals surface area contributed by atoms with Crippen molar-refractivity contribution < 1.29 is 9.53 Å². The molecule has 1 fully saturated rings. The molecule has 0 bridgehead atoms. The highest BCUT2D eigenvalue weighted by Gasteiger charge is 2.31. The van der Waals surface area contributed by atoms with Crippen LogP contribution in [0, 0.1) is 22.7 Å². The van der Waals surface area contributed by atoms with Gasteiger partial charge in [-0.15, -0.1) is 0 Å². The third-order valence-electron chi connectivity index (χ3n) is 2.72. The van der Waals surface area contributed by atoms with Crippen LogP contribution in [0.15, 0.2) is 0 Å². The molecule has 2 unspecified atom stereocenters. The van der Waals surface area contributed by atoms with E-state index < -0.39 is 5.41 Å². The Morgan fingerprint density at radius 2 is 2.33 bits per heavy atom. The van der Waals surface area contributed by atoms with Crippen LogP contribution in [0.5, 0.6) is 0 Å². The molecule has 4 nitrogen and oxygen atoms in total. The molecule has 1 N–H and O–H groups in total. The topological polar surface area (TPSA) is 62.1 Å². The smallest absolute Gasteiger partial charge is 0.225 e. The van der Waals surface area contributed by atoms with E-state index in [1.807, 2.05) is 20.8 Å². The lowest BCUT2D eigenvalue weighted by molar-refractivity contribution is -0.126. The molecule has 0 spiro atoms. The number of amides is 1. The van der Waals surface area contributed by atoms with Gasteiger partial charge in [-0.2, -0.15) is 5.26 Å². The zero-order valence-corrected chi connectivity index (χ0v) is 9.54. The second-order valence-electron chi connectivity index (χ2n) is 4.68. The van der Waals surface area contributed by atoms with Crippen LogP contribution < -0.4 is 5.32 Å². The maximum atomic E-state index is 11.7. The van der Waals surface area contributed by atoms with Gasteiger partial charge in [0.2, 0.25) is 5.91 Å². The number of nitriles is 1. The Morgan fingerprint density at radius 3 is 2.80 bits per heavy atom. The number of nitrogens with zero attached hydrogens (tertiary/aromatic N) is 1. The van der Waals surface area contributed by atoms with Gasteiger partial charge in [0.05, 0.1) is 23.5 Å². The molecule has 1 rings (SSSR count). The monoisotopic (exact) mass is 210 g/mol. The predicted molar refractivity (Wildman–Crippen MR) is 55.9 cm³/mol. The lowest BCUT2D eigenvalue weighted by Gasteiger charge is -2.19. The molecule has 0 aliphatic carbocycles. The lowest BCUT2D eigenvalue weighted by Crippen LogP contribution is -2.39. The predicted octanol–water partition coefficient (Wildman–Crippen LogP) is 1.08. The highest BCUT2D eigenvalue weighted by molar-refractivity contribution is 5.79. The van der Waals surface area contributed by atoms with Gasteiger partial charge in [0, 0.05) is 13.2 Å². The van der Waals surface area contributed by atoms with E-state index in [9.17, 15) is 4.79 Å². The van der Waals surface area contributed by atoms with Gasteiger partial charge in [-0.3, -0.25) is 4.79 Å². The fourth-order valence-corrected chi connectivity index (χ4v) is 1.55. The third kappa shape index (κ3) is 3.21. The highest BCUT2D eigenvalue weighted by atomic mass is 16.5. The standard InChI is InChI=1S/C11H18N2O2/c1-8-9(4-5-15-8)10(14)13-7-11(2,3)6-12/h8-9H,4-5,7H2,1-3H3,(H,13,14). The van der Waals surface area contributed by atoms with Crippen molar-refractivity contribution >= 4 is 5.91 Å². The molecule has 1 saturated heterocycles. The maximum absolute atomic E-state index is 11.7. The summed E-state index contributed by atoms with van der Waals surface area (Å²) in [7, 11) is 0. The maximum Gasteiger partial charge on any atom is 0.225 e. The summed E-state index contributed by atoms with van der Waals surface area (Å²) in [6.07, 6.45) is 0.773. The number of carbonyl (C=O) groups excluding carboxylic acids is 1. The highest BCUT2D eigenvalue weighted by Crippen LogP contribution is 2.21. The van der Waals surface area contributed by atoms with E-state index in [0.717, 1.165) is 6.42 Å². The number of carbonyl (C=O) groups is 1. The van der Waals surface area contributed by atoms with Gasteiger partial charge in [-0.25, -0.2) is 0 Å². The Hall–Kier alpha value is -1.08. The van der Waals surface area contributed by atoms with E-state index in [1.165, 1.54) is 0 Å². The molecular weight excluding hydrogens is 192 g/mol. The fraction of sp³-hybridized carbons (Fsp3) is 0.818. The average Bonchev–Trinajstić information content (AvgIpc) is 2.61. The molecule has 0 radical (unpaired) electrons. The van der Waals surface area contributed by atoms with E-state index >= 15 is 0 Å². The zero-order valence-electron chi connectivity index (χ0n) is 9.54. The number of hydrogen-bond donors (Lipinski definition) is 1. The largest absolute Gasteiger partial charge is 0.378 e. The zero-order chi connectivity index (χ0) is 11.5. The normalized spacial score (nSPS) is 26.0. The van der Waals surface area contributed by atoms with Crippen molar-refractivity contribution in [3.8, 4) is 6.07 Å². The lowest BCUT2D eigenvalue weighted by atomic mass is 9.95. The van der Waals surface area contributed by atoms with Gasteiger partial charge in [0.25, 0.3) is 0 Å². The summed E-state index contributed by atoms with van der Waals surface area (Å²) < 4.78 is 5.32. The van der Waals surface area contributed by atoms with Gasteiger partial charge in [0.15, 0.2) is 0 Å². The molecule has 1 amide bonds. The Bertz CT molecular complexity index is 281. The number of ether oxygens (including phenoxy) is 1. The molecule has 84 valence electrons. The molecule has 0 aromatic carbocycles. The molecular formula is C11H18N2O2. The summed E-state index contributed by atoms with van der Waals surface area (Å²) >= 11 is 0. The summed E-state index contributed by atoms with van der Waals surface area (Å²) in [5.74, 6) is -0.0529. The van der Waals surface area contributed by atoms with Crippen molar-refractivity contribution in [3.63, 3.8) is 0 Å². The van der Waals surface area contributed by atoms with Crippen LogP contribution in [0.4, 0.5) is 0 Å². The van der Waals surface area contributed by atoms with Crippen LogP contribution in [-0.4, -0.2) is 25.2 Å². The van der Waals surface area contributed by atoms with Crippen LogP contribution >= 0.6 is 0 Å². The SMILES string of the molecule is CC1OCCC1C(=O)NCC(C)(C)C#N. The Kier molecular flexibility index (Phi) is 3.70. The van der Waals surface area contributed by atoms with Gasteiger partial charge in [-0.1, -0.05) is 0 Å². The summed E-state index contributed by atoms with van der Waals surface area (Å²) in [5.41, 5.74) is -0.502. The molecule has 0 aromatic rings. The third-order valence-corrected chi connectivity index (χ3v) is 2.72. The van der Waals surface area contributed by atoms with Crippen molar-refractivity contribution in [2.24, 2.45) is 11.3 Å². The average molecular weight is 210 g/mol. The number of hydrogen-bond acceptors (Lipinski definition) is 3. The van der Waals surface area contributed by atoms with E-state index in [2.05, 4.69) is 11.4 Å². The molecule has 2 atom stereocenters. The van der Waals surface area contributed by atoms with Gasteiger partial charge in [0.1, 0.15) is 0 Å². The first-order valence-corrected chi connectivity index (χ1v) is 5.27. The summed E-state index contributed by atoms with van der Waals surface area (Å²) in [6, 6.07) is 2.15. The van der Waals surface area contributed by atoms with E-state index in [1.54, 1.807) is 0 Å². The van der Waals surface area contributed by atoms with Gasteiger partial charge in [-0.05, 0) is 27.2 Å². The van der Waals surface area contributed by atoms with Crippen molar-refractivity contribution in [2.45, 2.75) is 33.3 Å². The second-order valence-corrected chi connectivity index (χ2v) is 4.68. The second kappa shape index (κ2) is 4.63. The minimum atomic E-state index is -0.502. The van der Waals surface area contributed by atoms with E-state index in [0.29, 0.717) is 13.2 Å². The first-order chi connectivity index (χ1) is 6.96. The van der Waals surface area contributed by atoms with Crippen molar-refractivity contribution in [1.29, 1.82) is 5.26 Å². The summed E-state index contributed by atoms with van der Waals surface area (Å²) in [6.45, 7) is 6.57. The molecule has 15 heavy (non-hydrogen) atoms. The van der Waals surface area contributed by atoms with Crippen molar-refractivity contribution in [2.75, 3.05) is 13.2 Å². The Labute approximate surface area is 90.6 Å². The molecule has 1 aliphatic heterocycles. The number of nitrogens with one attached hydrogen (secondary N) is 1. The van der Waals surface area contributed by atoms with Gasteiger partial charge >= 0.3 is 0 Å². The van der Waals surface area contributed by atoms with Crippen LogP contribution in [0.3, 0.4) is 0 Å². The Morgan fingerprint density at radius 1 is 1.67 bits per heavy atom. The van der Waals surface area contributed by atoms with Crippen molar-refractivity contribution in [3.05, 3.63) is 0 Å². The quantitative estimate of drug-likeness (QED) is 0.758. The van der Waals surface area contributed by atoms with Crippen LogP contribution in [0.1, 0.15) is 27.2 Å². The van der Waals surface area contributed by atoms with Crippen molar-refractivity contribution in [1.82, 2.24) is 5.32 Å². The first-order valence-electron chi connectivity index (χ1n) is 5.27. The number of rotatable bonds is 3. The van der Waals surface area contributed by atoms with E-state index in [4.69, 9.17) is 10.00 Å². The Balaban J connectivity index is 2.40. The van der Waals surface area contributed by atoms with Crippen LogP contribution in [0.25, 0.3) is 0 Å². The summed E-state index contributed by atoms with van der Waals surface area (Å²) in [4.78, 5) is 11.7. The summed E-state index contributed by atoms with van der Waals surface area (Å²) in [5, 5.41) is 11.6. The molecule has 4 heteroatoms. The fourth-order valence-electron chi connectivity index (χ4n) is 1.55. The molecule has 1 aliphatic rings. The minimum Gasteiger partial charge on any atom is -0.378 e. The van der Waals surface area contributed by atoms with E-state index in [-0.39, 0.29) is 17.9 Å². The van der Waals surface area contributed by atoms with Gasteiger partial charge < -0.3 is 10.1 Å². The minimum absolute atomic E-state index is 0.00308. The molecule has 0 aromatic heterocycles. The van der Waals surface area contributed by atoms with Crippen LogP contribution in [-0.2, 0) is 9.53 Å². The molecule has 1 heterocycles. The molecule has 0 saturated carbocycles.